The van der Waals surface area contributed by atoms with Gasteiger partial charge in [0.2, 0.25) is 0 Å². The summed E-state index contributed by atoms with van der Waals surface area (Å²) in [6.07, 6.45) is 0.916. The summed E-state index contributed by atoms with van der Waals surface area (Å²) < 4.78 is 2.76. The molecule has 0 aliphatic heterocycles. The normalized spacial score (nSPS) is 10.7. The number of aryl methyl sites for hydroxylation is 3. The molecule has 4 heteroatoms. The van der Waals surface area contributed by atoms with Crippen LogP contribution in [0.3, 0.4) is 0 Å². The van der Waals surface area contributed by atoms with Crippen molar-refractivity contribution in [2.24, 2.45) is 0 Å². The van der Waals surface area contributed by atoms with E-state index in [4.69, 9.17) is 17.5 Å². The summed E-state index contributed by atoms with van der Waals surface area (Å²) in [7, 11) is 0. The summed E-state index contributed by atoms with van der Waals surface area (Å²) in [6.45, 7) is 2.90. The average Bonchev–Trinajstić information content (AvgIpc) is 2.79. The number of aromatic nitrogens is 2. The molecular formula is C17H15N3S. The van der Waals surface area contributed by atoms with Gasteiger partial charge in [0.05, 0.1) is 22.7 Å². The van der Waals surface area contributed by atoms with Gasteiger partial charge in [0, 0.05) is 6.54 Å². The van der Waals surface area contributed by atoms with E-state index in [1.807, 2.05) is 12.1 Å². The monoisotopic (exact) mass is 293 g/mol. The largest absolute Gasteiger partial charge is 0.331 e. The highest BCUT2D eigenvalue weighted by molar-refractivity contribution is 7.71. The first-order chi connectivity index (χ1) is 10.2. The van der Waals surface area contributed by atoms with Gasteiger partial charge in [-0.15, -0.1) is 0 Å². The van der Waals surface area contributed by atoms with Crippen LogP contribution in [0.25, 0.3) is 11.0 Å². The van der Waals surface area contributed by atoms with Gasteiger partial charge in [-0.1, -0.05) is 29.8 Å². The number of imidazole rings is 1. The number of benzene rings is 2. The van der Waals surface area contributed by atoms with Gasteiger partial charge < -0.3 is 9.55 Å². The molecule has 0 aliphatic carbocycles. The van der Waals surface area contributed by atoms with Crippen LogP contribution >= 0.6 is 12.2 Å². The summed E-state index contributed by atoms with van der Waals surface area (Å²) >= 11 is 5.40. The fourth-order valence-electron chi connectivity index (χ4n) is 2.55. The van der Waals surface area contributed by atoms with Crippen LogP contribution < -0.4 is 0 Å². The Morgan fingerprint density at radius 3 is 2.86 bits per heavy atom. The Labute approximate surface area is 128 Å². The number of hydrogen-bond acceptors (Lipinski definition) is 2. The maximum Gasteiger partial charge on any atom is 0.178 e. The quantitative estimate of drug-likeness (QED) is 0.738. The Morgan fingerprint density at radius 1 is 1.24 bits per heavy atom. The van der Waals surface area contributed by atoms with Crippen molar-refractivity contribution in [3.05, 3.63) is 63.9 Å². The molecule has 3 aromatic rings. The molecule has 0 unspecified atom stereocenters. The summed E-state index contributed by atoms with van der Waals surface area (Å²) in [5, 5.41) is 9.04. The Morgan fingerprint density at radius 2 is 2.10 bits per heavy atom. The molecule has 0 aliphatic rings. The number of fused-ring (bicyclic) bond motifs is 1. The van der Waals surface area contributed by atoms with E-state index in [-0.39, 0.29) is 0 Å². The SMILES string of the molecule is Cc1cccc(CCn2c(=S)[nH]c3ccc(C#N)cc32)c1. The van der Waals surface area contributed by atoms with E-state index in [0.29, 0.717) is 10.3 Å². The van der Waals surface area contributed by atoms with Crippen molar-refractivity contribution in [2.75, 3.05) is 0 Å². The third-order valence-electron chi connectivity index (χ3n) is 3.61. The van der Waals surface area contributed by atoms with Gasteiger partial charge in [-0.3, -0.25) is 0 Å². The van der Waals surface area contributed by atoms with Crippen LogP contribution in [0.2, 0.25) is 0 Å². The zero-order valence-electron chi connectivity index (χ0n) is 11.8. The molecule has 0 amide bonds. The molecule has 3 nitrogen and oxygen atoms in total. The molecule has 21 heavy (non-hydrogen) atoms. The van der Waals surface area contributed by atoms with E-state index in [0.717, 1.165) is 24.0 Å². The van der Waals surface area contributed by atoms with Crippen molar-refractivity contribution in [1.29, 1.82) is 5.26 Å². The van der Waals surface area contributed by atoms with E-state index in [9.17, 15) is 0 Å². The molecule has 0 radical (unpaired) electrons. The van der Waals surface area contributed by atoms with Gasteiger partial charge in [-0.25, -0.2) is 0 Å². The molecule has 104 valence electrons. The lowest BCUT2D eigenvalue weighted by molar-refractivity contribution is 0.706. The topological polar surface area (TPSA) is 44.5 Å². The van der Waals surface area contributed by atoms with Crippen molar-refractivity contribution >= 4 is 23.3 Å². The molecule has 0 saturated carbocycles. The number of aromatic amines is 1. The summed E-state index contributed by atoms with van der Waals surface area (Å²) in [6, 6.07) is 16.3. The van der Waals surface area contributed by atoms with Crippen LogP contribution in [0.1, 0.15) is 16.7 Å². The number of H-pyrrole nitrogens is 1. The number of nitriles is 1. The number of rotatable bonds is 3. The van der Waals surface area contributed by atoms with Crippen molar-refractivity contribution in [3.63, 3.8) is 0 Å². The molecule has 0 atom stereocenters. The first-order valence-electron chi connectivity index (χ1n) is 6.85. The molecule has 0 fully saturated rings. The van der Waals surface area contributed by atoms with E-state index < -0.39 is 0 Å². The number of nitrogens with zero attached hydrogens (tertiary/aromatic N) is 2. The minimum atomic E-state index is 0.654. The molecule has 3 rings (SSSR count). The van der Waals surface area contributed by atoms with Gasteiger partial charge in [-0.2, -0.15) is 5.26 Å². The minimum absolute atomic E-state index is 0.654. The van der Waals surface area contributed by atoms with Crippen LogP contribution in [-0.4, -0.2) is 9.55 Å². The third kappa shape index (κ3) is 2.74. The Bertz CT molecular complexity index is 896. The van der Waals surface area contributed by atoms with E-state index in [2.05, 4.69) is 46.8 Å². The summed E-state index contributed by atoms with van der Waals surface area (Å²) in [5.41, 5.74) is 5.18. The lowest BCUT2D eigenvalue weighted by Gasteiger charge is -2.06. The first kappa shape index (κ1) is 13.6. The van der Waals surface area contributed by atoms with Crippen molar-refractivity contribution in [2.45, 2.75) is 19.9 Å². The second-order valence-electron chi connectivity index (χ2n) is 5.16. The maximum absolute atomic E-state index is 9.04. The predicted octanol–water partition coefficient (Wildman–Crippen LogP) is 4.12. The maximum atomic E-state index is 9.04. The third-order valence-corrected chi connectivity index (χ3v) is 3.93. The molecule has 1 aromatic heterocycles. The van der Waals surface area contributed by atoms with Gasteiger partial charge >= 0.3 is 0 Å². The standard InChI is InChI=1S/C17H15N3S/c1-12-3-2-4-13(9-12)7-8-20-16-10-14(11-18)5-6-15(16)19-17(20)21/h2-6,9-10H,7-8H2,1H3,(H,19,21). The van der Waals surface area contributed by atoms with E-state index >= 15 is 0 Å². The van der Waals surface area contributed by atoms with E-state index in [1.54, 1.807) is 6.07 Å². The Hall–Kier alpha value is -2.38. The Balaban J connectivity index is 1.95. The van der Waals surface area contributed by atoms with Crippen LogP contribution in [0.15, 0.2) is 42.5 Å². The van der Waals surface area contributed by atoms with Crippen molar-refractivity contribution in [1.82, 2.24) is 9.55 Å². The molecule has 1 N–H and O–H groups in total. The van der Waals surface area contributed by atoms with Crippen LogP contribution in [0, 0.1) is 23.0 Å². The summed E-state index contributed by atoms with van der Waals surface area (Å²) in [4.78, 5) is 3.19. The fraction of sp³-hybridized carbons (Fsp3) is 0.176. The highest BCUT2D eigenvalue weighted by Crippen LogP contribution is 2.17. The number of hydrogen-bond donors (Lipinski definition) is 1. The molecule has 1 heterocycles. The highest BCUT2D eigenvalue weighted by atomic mass is 32.1. The van der Waals surface area contributed by atoms with Crippen molar-refractivity contribution in [3.8, 4) is 6.07 Å². The molecular weight excluding hydrogens is 278 g/mol. The van der Waals surface area contributed by atoms with Gasteiger partial charge in [0.25, 0.3) is 0 Å². The molecule has 2 aromatic carbocycles. The van der Waals surface area contributed by atoms with Gasteiger partial charge in [0.15, 0.2) is 4.77 Å². The highest BCUT2D eigenvalue weighted by Gasteiger charge is 2.06. The second-order valence-corrected chi connectivity index (χ2v) is 5.55. The lowest BCUT2D eigenvalue weighted by Crippen LogP contribution is -2.01. The predicted molar refractivity (Wildman–Crippen MR) is 86.7 cm³/mol. The smallest absolute Gasteiger partial charge is 0.178 e. The molecule has 0 spiro atoms. The van der Waals surface area contributed by atoms with Crippen molar-refractivity contribution < 1.29 is 0 Å². The first-order valence-corrected chi connectivity index (χ1v) is 7.26. The fourth-order valence-corrected chi connectivity index (χ4v) is 2.85. The zero-order valence-corrected chi connectivity index (χ0v) is 12.6. The lowest BCUT2D eigenvalue weighted by atomic mass is 10.1. The minimum Gasteiger partial charge on any atom is -0.331 e. The molecule has 0 saturated heterocycles. The Kier molecular flexibility index (Phi) is 3.59. The van der Waals surface area contributed by atoms with Crippen LogP contribution in [0.4, 0.5) is 0 Å². The van der Waals surface area contributed by atoms with Gasteiger partial charge in [0.1, 0.15) is 0 Å². The average molecular weight is 293 g/mol. The number of nitrogens with one attached hydrogen (secondary N) is 1. The molecule has 0 bridgehead atoms. The second kappa shape index (κ2) is 5.55. The zero-order chi connectivity index (χ0) is 14.8. The van der Waals surface area contributed by atoms with E-state index in [1.165, 1.54) is 11.1 Å². The van der Waals surface area contributed by atoms with Crippen LogP contribution in [0.5, 0.6) is 0 Å². The summed E-state index contributed by atoms with van der Waals surface area (Å²) in [5.74, 6) is 0. The van der Waals surface area contributed by atoms with Gasteiger partial charge in [-0.05, 0) is 49.3 Å². The van der Waals surface area contributed by atoms with Crippen LogP contribution in [-0.2, 0) is 13.0 Å².